The summed E-state index contributed by atoms with van der Waals surface area (Å²) in [4.78, 5) is 16.5. The number of aromatic amines is 1. The van der Waals surface area contributed by atoms with Gasteiger partial charge in [0.25, 0.3) is 5.91 Å². The number of aromatic nitrogens is 1. The minimum atomic E-state index is -0.717. The Morgan fingerprint density at radius 1 is 1.30 bits per heavy atom. The van der Waals surface area contributed by atoms with E-state index in [1.807, 2.05) is 43.3 Å². The van der Waals surface area contributed by atoms with Gasteiger partial charge in [-0.3, -0.25) is 4.79 Å². The quantitative estimate of drug-likeness (QED) is 0.774. The number of aliphatic hydroxyl groups excluding tert-OH is 1. The Balaban J connectivity index is 1.91. The molecular weight excluding hydrogens is 254 g/mol. The van der Waals surface area contributed by atoms with Crippen molar-refractivity contribution >= 4 is 11.6 Å². The number of rotatable bonds is 5. The number of H-pyrrole nitrogens is 1. The largest absolute Gasteiger partial charge is 0.387 e. The molecule has 2 rings (SSSR count). The van der Waals surface area contributed by atoms with Crippen molar-refractivity contribution in [2.75, 3.05) is 25.5 Å². The predicted octanol–water partition coefficient (Wildman–Crippen LogP) is 1.54. The lowest BCUT2D eigenvalue weighted by atomic mass is 10.1. The Morgan fingerprint density at radius 3 is 2.55 bits per heavy atom. The summed E-state index contributed by atoms with van der Waals surface area (Å²) in [5, 5.41) is 12.7. The molecule has 0 spiro atoms. The Kier molecular flexibility index (Phi) is 4.42. The molecule has 1 amide bonds. The summed E-state index contributed by atoms with van der Waals surface area (Å²) in [6, 6.07) is 11.0. The summed E-state index contributed by atoms with van der Waals surface area (Å²) < 4.78 is 0. The van der Waals surface area contributed by atoms with Crippen LogP contribution in [-0.4, -0.2) is 36.6 Å². The highest BCUT2D eigenvalue weighted by atomic mass is 16.3. The molecule has 0 saturated carbocycles. The molecule has 0 aliphatic heterocycles. The molecule has 0 saturated heterocycles. The topological polar surface area (TPSA) is 68.4 Å². The highest BCUT2D eigenvalue weighted by Crippen LogP contribution is 2.17. The first-order valence-corrected chi connectivity index (χ1v) is 6.45. The molecular formula is C15H19N3O2. The number of hydrogen-bond acceptors (Lipinski definition) is 3. The first kappa shape index (κ1) is 14.1. The van der Waals surface area contributed by atoms with E-state index < -0.39 is 6.10 Å². The molecule has 5 heteroatoms. The highest BCUT2D eigenvalue weighted by Gasteiger charge is 2.11. The van der Waals surface area contributed by atoms with Gasteiger partial charge in [0.05, 0.1) is 6.10 Å². The number of carbonyl (C=O) groups excluding carboxylic acids is 1. The van der Waals surface area contributed by atoms with E-state index in [2.05, 4.69) is 10.3 Å². The van der Waals surface area contributed by atoms with Crippen LogP contribution < -0.4 is 10.2 Å². The second kappa shape index (κ2) is 6.25. The normalized spacial score (nSPS) is 11.9. The fourth-order valence-corrected chi connectivity index (χ4v) is 1.87. The average molecular weight is 273 g/mol. The summed E-state index contributed by atoms with van der Waals surface area (Å²) in [5.74, 6) is -0.223. The molecule has 106 valence electrons. The zero-order valence-corrected chi connectivity index (χ0v) is 11.6. The Bertz CT molecular complexity index is 547. The lowest BCUT2D eigenvalue weighted by molar-refractivity contribution is 0.0912. The van der Waals surface area contributed by atoms with Crippen molar-refractivity contribution < 1.29 is 9.90 Å². The highest BCUT2D eigenvalue weighted by molar-refractivity contribution is 5.92. The first-order valence-electron chi connectivity index (χ1n) is 6.45. The van der Waals surface area contributed by atoms with Crippen LogP contribution in [0.5, 0.6) is 0 Å². The van der Waals surface area contributed by atoms with E-state index in [-0.39, 0.29) is 12.5 Å². The van der Waals surface area contributed by atoms with Crippen LogP contribution in [0.15, 0.2) is 42.6 Å². The maximum atomic E-state index is 11.7. The van der Waals surface area contributed by atoms with E-state index in [9.17, 15) is 9.90 Å². The van der Waals surface area contributed by atoms with E-state index >= 15 is 0 Å². The molecule has 0 aliphatic rings. The van der Waals surface area contributed by atoms with Gasteiger partial charge in [0.2, 0.25) is 0 Å². The first-order chi connectivity index (χ1) is 9.58. The molecule has 0 aliphatic carbocycles. The number of benzene rings is 1. The van der Waals surface area contributed by atoms with Gasteiger partial charge in [-0.15, -0.1) is 0 Å². The Hall–Kier alpha value is -2.27. The van der Waals surface area contributed by atoms with Gasteiger partial charge >= 0.3 is 0 Å². The third-order valence-corrected chi connectivity index (χ3v) is 3.09. The van der Waals surface area contributed by atoms with Gasteiger partial charge in [-0.2, -0.15) is 0 Å². The second-order valence-corrected chi connectivity index (χ2v) is 4.80. The SMILES string of the molecule is CN(C)c1ccc(C(O)CNC(=O)c2ccc[nH]2)cc1. The zero-order valence-electron chi connectivity index (χ0n) is 11.6. The van der Waals surface area contributed by atoms with Crippen LogP contribution in [0.25, 0.3) is 0 Å². The molecule has 1 atom stereocenters. The fourth-order valence-electron chi connectivity index (χ4n) is 1.87. The van der Waals surface area contributed by atoms with Crippen LogP contribution in [0, 0.1) is 0 Å². The minimum Gasteiger partial charge on any atom is -0.387 e. The van der Waals surface area contributed by atoms with Crippen LogP contribution in [0.3, 0.4) is 0 Å². The Morgan fingerprint density at radius 2 is 2.00 bits per heavy atom. The molecule has 5 nitrogen and oxygen atoms in total. The predicted molar refractivity (Wildman–Crippen MR) is 78.9 cm³/mol. The summed E-state index contributed by atoms with van der Waals surface area (Å²) in [6.07, 6.45) is 0.968. The van der Waals surface area contributed by atoms with Crippen LogP contribution in [-0.2, 0) is 0 Å². The van der Waals surface area contributed by atoms with Crippen molar-refractivity contribution in [3.05, 3.63) is 53.9 Å². The second-order valence-electron chi connectivity index (χ2n) is 4.80. The molecule has 1 aromatic carbocycles. The van der Waals surface area contributed by atoms with E-state index in [0.29, 0.717) is 5.69 Å². The number of hydrogen-bond donors (Lipinski definition) is 3. The van der Waals surface area contributed by atoms with Crippen LogP contribution in [0.2, 0.25) is 0 Å². The molecule has 20 heavy (non-hydrogen) atoms. The molecule has 3 N–H and O–H groups in total. The van der Waals surface area contributed by atoms with Gasteiger partial charge in [-0.1, -0.05) is 12.1 Å². The molecule has 0 radical (unpaired) electrons. The van der Waals surface area contributed by atoms with Crippen molar-refractivity contribution in [1.82, 2.24) is 10.3 Å². The number of anilines is 1. The van der Waals surface area contributed by atoms with Crippen molar-refractivity contribution in [1.29, 1.82) is 0 Å². The summed E-state index contributed by atoms with van der Waals surface area (Å²) in [6.45, 7) is 0.180. The molecule has 1 heterocycles. The molecule has 2 aromatic rings. The van der Waals surface area contributed by atoms with Gasteiger partial charge < -0.3 is 20.3 Å². The number of amides is 1. The van der Waals surface area contributed by atoms with E-state index in [1.165, 1.54) is 0 Å². The van der Waals surface area contributed by atoms with Crippen LogP contribution >= 0.6 is 0 Å². The van der Waals surface area contributed by atoms with Gasteiger partial charge in [0.1, 0.15) is 5.69 Å². The summed E-state index contributed by atoms with van der Waals surface area (Å²) in [5.41, 5.74) is 2.33. The number of carbonyl (C=O) groups is 1. The van der Waals surface area contributed by atoms with Crippen LogP contribution in [0.1, 0.15) is 22.2 Å². The van der Waals surface area contributed by atoms with Gasteiger partial charge in [0.15, 0.2) is 0 Å². The van der Waals surface area contributed by atoms with Gasteiger partial charge in [0, 0.05) is 32.5 Å². The number of aliphatic hydroxyl groups is 1. The monoisotopic (exact) mass is 273 g/mol. The lowest BCUT2D eigenvalue weighted by Gasteiger charge is -2.15. The summed E-state index contributed by atoms with van der Waals surface area (Å²) in [7, 11) is 3.92. The molecule has 0 bridgehead atoms. The van der Waals surface area contributed by atoms with Crippen molar-refractivity contribution in [3.63, 3.8) is 0 Å². The molecule has 1 unspecified atom stereocenters. The third-order valence-electron chi connectivity index (χ3n) is 3.09. The maximum Gasteiger partial charge on any atom is 0.267 e. The molecule has 1 aromatic heterocycles. The minimum absolute atomic E-state index is 0.180. The van der Waals surface area contributed by atoms with E-state index in [1.54, 1.807) is 18.3 Å². The van der Waals surface area contributed by atoms with Crippen molar-refractivity contribution in [3.8, 4) is 0 Å². The van der Waals surface area contributed by atoms with Gasteiger partial charge in [-0.25, -0.2) is 0 Å². The van der Waals surface area contributed by atoms with E-state index in [0.717, 1.165) is 11.3 Å². The van der Waals surface area contributed by atoms with Crippen molar-refractivity contribution in [2.24, 2.45) is 0 Å². The zero-order chi connectivity index (χ0) is 14.5. The van der Waals surface area contributed by atoms with Gasteiger partial charge in [-0.05, 0) is 29.8 Å². The van der Waals surface area contributed by atoms with Crippen LogP contribution in [0.4, 0.5) is 5.69 Å². The van der Waals surface area contributed by atoms with Crippen molar-refractivity contribution in [2.45, 2.75) is 6.10 Å². The fraction of sp³-hybridized carbons (Fsp3) is 0.267. The third kappa shape index (κ3) is 3.39. The number of nitrogens with zero attached hydrogens (tertiary/aromatic N) is 1. The molecule has 0 fully saturated rings. The lowest BCUT2D eigenvalue weighted by Crippen LogP contribution is -2.28. The average Bonchev–Trinajstić information content (AvgIpc) is 2.98. The number of nitrogens with one attached hydrogen (secondary N) is 2. The smallest absolute Gasteiger partial charge is 0.267 e. The maximum absolute atomic E-state index is 11.7. The Labute approximate surface area is 118 Å². The van der Waals surface area contributed by atoms with E-state index in [4.69, 9.17) is 0 Å². The standard InChI is InChI=1S/C15H19N3O2/c1-18(2)12-7-5-11(6-8-12)14(19)10-17-15(20)13-4-3-9-16-13/h3-9,14,16,19H,10H2,1-2H3,(H,17,20). The summed E-state index contributed by atoms with van der Waals surface area (Å²) >= 11 is 0.